The van der Waals surface area contributed by atoms with Crippen LogP contribution >= 0.6 is 0 Å². The van der Waals surface area contributed by atoms with Gasteiger partial charge in [0.25, 0.3) is 0 Å². The second kappa shape index (κ2) is 6.04. The number of nitrogens with one attached hydrogen (secondary N) is 1. The molecule has 0 aliphatic rings. The number of urea groups is 1. The third kappa shape index (κ3) is 4.52. The molecular weight excluding hydrogens is 236 g/mol. The number of carboxylic acids is 1. The molecule has 0 aromatic rings. The van der Waals surface area contributed by atoms with Gasteiger partial charge in [-0.15, -0.1) is 0 Å². The van der Waals surface area contributed by atoms with Crippen molar-refractivity contribution in [3.05, 3.63) is 0 Å². The molecule has 0 aliphatic heterocycles. The Morgan fingerprint density at radius 1 is 1.22 bits per heavy atom. The molecule has 0 spiro atoms. The van der Waals surface area contributed by atoms with Gasteiger partial charge in [0.05, 0.1) is 12.1 Å². The maximum absolute atomic E-state index is 11.9. The Balaban J connectivity index is 4.76. The van der Waals surface area contributed by atoms with Gasteiger partial charge in [0, 0.05) is 7.05 Å². The standard InChI is InChI=1S/C12H24N2O4/c1-6-12(7-2,9(15)16)13-10(17)14(5)8-11(3,4)18/h18H,6-8H2,1-5H3,(H,13,17)(H,15,16). The van der Waals surface area contributed by atoms with Gasteiger partial charge in [0.2, 0.25) is 0 Å². The zero-order valence-corrected chi connectivity index (χ0v) is 11.8. The number of amides is 2. The quantitative estimate of drug-likeness (QED) is 0.665. The minimum absolute atomic E-state index is 0.127. The minimum Gasteiger partial charge on any atom is -0.480 e. The molecule has 0 atom stereocenters. The smallest absolute Gasteiger partial charge is 0.329 e. The van der Waals surface area contributed by atoms with E-state index >= 15 is 0 Å². The molecule has 0 saturated heterocycles. The van der Waals surface area contributed by atoms with Gasteiger partial charge in [0.15, 0.2) is 0 Å². The van der Waals surface area contributed by atoms with Gasteiger partial charge >= 0.3 is 12.0 Å². The zero-order chi connectivity index (χ0) is 14.6. The first kappa shape index (κ1) is 16.7. The highest BCUT2D eigenvalue weighted by Crippen LogP contribution is 2.16. The summed E-state index contributed by atoms with van der Waals surface area (Å²) in [4.78, 5) is 24.4. The van der Waals surface area contributed by atoms with Crippen molar-refractivity contribution in [1.82, 2.24) is 10.2 Å². The summed E-state index contributed by atoms with van der Waals surface area (Å²) in [5.41, 5.74) is -2.26. The number of hydrogen-bond acceptors (Lipinski definition) is 3. The summed E-state index contributed by atoms with van der Waals surface area (Å²) >= 11 is 0. The fourth-order valence-corrected chi connectivity index (χ4v) is 1.74. The maximum Gasteiger partial charge on any atom is 0.329 e. The highest BCUT2D eigenvalue weighted by atomic mass is 16.4. The summed E-state index contributed by atoms with van der Waals surface area (Å²) in [5.74, 6) is -1.04. The predicted octanol–water partition coefficient (Wildman–Crippen LogP) is 1.04. The molecule has 0 saturated carbocycles. The summed E-state index contributed by atoms with van der Waals surface area (Å²) < 4.78 is 0. The van der Waals surface area contributed by atoms with E-state index in [0.717, 1.165) is 0 Å². The summed E-state index contributed by atoms with van der Waals surface area (Å²) in [6.45, 7) is 6.73. The van der Waals surface area contributed by atoms with Gasteiger partial charge in [-0.25, -0.2) is 9.59 Å². The second-order valence-electron chi connectivity index (χ2n) is 5.19. The van der Waals surface area contributed by atoms with Crippen LogP contribution < -0.4 is 5.32 Å². The van der Waals surface area contributed by atoms with Crippen LogP contribution in [0.2, 0.25) is 0 Å². The average molecular weight is 260 g/mol. The van der Waals surface area contributed by atoms with Crippen molar-refractivity contribution < 1.29 is 19.8 Å². The van der Waals surface area contributed by atoms with E-state index in [1.807, 2.05) is 0 Å². The third-order valence-electron chi connectivity index (χ3n) is 2.93. The SMILES string of the molecule is CCC(CC)(NC(=O)N(C)CC(C)(C)O)C(=O)O. The number of carboxylic acid groups (broad SMARTS) is 1. The average Bonchev–Trinajstić information content (AvgIpc) is 2.22. The molecule has 0 unspecified atom stereocenters. The lowest BCUT2D eigenvalue weighted by Crippen LogP contribution is -2.57. The van der Waals surface area contributed by atoms with E-state index in [-0.39, 0.29) is 6.54 Å². The Morgan fingerprint density at radius 2 is 1.67 bits per heavy atom. The van der Waals surface area contributed by atoms with Gasteiger partial charge < -0.3 is 20.4 Å². The molecule has 3 N–H and O–H groups in total. The molecule has 0 rings (SSSR count). The number of carbonyl (C=O) groups excluding carboxylic acids is 1. The van der Waals surface area contributed by atoms with Crippen molar-refractivity contribution in [1.29, 1.82) is 0 Å². The lowest BCUT2D eigenvalue weighted by Gasteiger charge is -2.32. The molecule has 6 nitrogen and oxygen atoms in total. The third-order valence-corrected chi connectivity index (χ3v) is 2.93. The molecule has 0 heterocycles. The van der Waals surface area contributed by atoms with E-state index in [2.05, 4.69) is 5.32 Å². The fraction of sp³-hybridized carbons (Fsp3) is 0.833. The van der Waals surface area contributed by atoms with Gasteiger partial charge in [-0.2, -0.15) is 0 Å². The van der Waals surface area contributed by atoms with E-state index in [0.29, 0.717) is 12.8 Å². The first-order valence-corrected chi connectivity index (χ1v) is 6.07. The van der Waals surface area contributed by atoms with E-state index in [1.165, 1.54) is 11.9 Å². The number of aliphatic carboxylic acids is 1. The summed E-state index contributed by atoms with van der Waals surface area (Å²) in [7, 11) is 1.52. The van der Waals surface area contributed by atoms with Gasteiger partial charge in [0.1, 0.15) is 5.54 Å². The van der Waals surface area contributed by atoms with Crippen LogP contribution in [0.3, 0.4) is 0 Å². The number of likely N-dealkylation sites (N-methyl/N-ethyl adjacent to an activating group) is 1. The van der Waals surface area contributed by atoms with Gasteiger partial charge in [-0.1, -0.05) is 13.8 Å². The Hall–Kier alpha value is -1.30. The Bertz CT molecular complexity index is 306. The highest BCUT2D eigenvalue weighted by Gasteiger charge is 2.37. The van der Waals surface area contributed by atoms with Gasteiger partial charge in [-0.3, -0.25) is 0 Å². The van der Waals surface area contributed by atoms with Crippen LogP contribution in [0.5, 0.6) is 0 Å². The van der Waals surface area contributed by atoms with Crippen molar-refractivity contribution in [3.63, 3.8) is 0 Å². The van der Waals surface area contributed by atoms with Crippen molar-refractivity contribution in [2.24, 2.45) is 0 Å². The van der Waals surface area contributed by atoms with Gasteiger partial charge in [-0.05, 0) is 26.7 Å². The van der Waals surface area contributed by atoms with Crippen LogP contribution in [0.15, 0.2) is 0 Å². The summed E-state index contributed by atoms with van der Waals surface area (Å²) in [5, 5.41) is 21.4. The van der Waals surface area contributed by atoms with Crippen molar-refractivity contribution in [2.45, 2.75) is 51.7 Å². The molecule has 0 bridgehead atoms. The fourth-order valence-electron chi connectivity index (χ4n) is 1.74. The maximum atomic E-state index is 11.9. The molecule has 0 aliphatic carbocycles. The number of hydrogen-bond donors (Lipinski definition) is 3. The number of nitrogens with zero attached hydrogens (tertiary/aromatic N) is 1. The monoisotopic (exact) mass is 260 g/mol. The largest absolute Gasteiger partial charge is 0.480 e. The molecule has 0 fully saturated rings. The highest BCUT2D eigenvalue weighted by molar-refractivity contribution is 5.86. The molecule has 0 radical (unpaired) electrons. The Morgan fingerprint density at radius 3 is 1.94 bits per heavy atom. The lowest BCUT2D eigenvalue weighted by atomic mass is 9.93. The van der Waals surface area contributed by atoms with Crippen molar-refractivity contribution >= 4 is 12.0 Å². The minimum atomic E-state index is -1.25. The summed E-state index contributed by atoms with van der Waals surface area (Å²) in [6, 6.07) is -0.497. The van der Waals surface area contributed by atoms with Crippen LogP contribution in [0.25, 0.3) is 0 Å². The van der Waals surface area contributed by atoms with Crippen LogP contribution in [-0.4, -0.2) is 51.8 Å². The predicted molar refractivity (Wildman–Crippen MR) is 68.4 cm³/mol. The molecule has 18 heavy (non-hydrogen) atoms. The van der Waals surface area contributed by atoms with E-state index < -0.39 is 23.1 Å². The first-order valence-electron chi connectivity index (χ1n) is 6.07. The number of carbonyl (C=O) groups is 2. The van der Waals surface area contributed by atoms with Crippen molar-refractivity contribution in [3.8, 4) is 0 Å². The molecular formula is C12H24N2O4. The first-order chi connectivity index (χ1) is 8.08. The number of rotatable bonds is 6. The van der Waals surface area contributed by atoms with Crippen molar-refractivity contribution in [2.75, 3.05) is 13.6 Å². The topological polar surface area (TPSA) is 89.9 Å². The molecule has 6 heteroatoms. The van der Waals surface area contributed by atoms with Crippen LogP contribution in [-0.2, 0) is 4.79 Å². The lowest BCUT2D eigenvalue weighted by molar-refractivity contribution is -0.144. The van der Waals surface area contributed by atoms with E-state index in [1.54, 1.807) is 27.7 Å². The Kier molecular flexibility index (Phi) is 5.60. The molecule has 0 aromatic carbocycles. The normalized spacial score (nSPS) is 12.1. The van der Waals surface area contributed by atoms with E-state index in [4.69, 9.17) is 0 Å². The molecule has 0 aromatic heterocycles. The molecule has 106 valence electrons. The van der Waals surface area contributed by atoms with Crippen LogP contribution in [0.1, 0.15) is 40.5 Å². The Labute approximate surface area is 108 Å². The van der Waals surface area contributed by atoms with E-state index in [9.17, 15) is 19.8 Å². The zero-order valence-electron chi connectivity index (χ0n) is 11.8. The number of aliphatic hydroxyl groups is 1. The summed E-state index contributed by atoms with van der Waals surface area (Å²) in [6.07, 6.45) is 0.613. The second-order valence-corrected chi connectivity index (χ2v) is 5.19. The molecule has 2 amide bonds. The van der Waals surface area contributed by atoms with Crippen LogP contribution in [0, 0.1) is 0 Å². The van der Waals surface area contributed by atoms with Crippen LogP contribution in [0.4, 0.5) is 4.79 Å².